The van der Waals surface area contributed by atoms with Crippen molar-refractivity contribution in [2.45, 2.75) is 20.8 Å². The number of hydrogen-bond donors (Lipinski definition) is 1. The Hall–Kier alpha value is -2.60. The second kappa shape index (κ2) is 10.3. The van der Waals surface area contributed by atoms with Crippen molar-refractivity contribution >= 4 is 46.5 Å². The van der Waals surface area contributed by atoms with Crippen LogP contribution in [0.15, 0.2) is 60.1 Å². The van der Waals surface area contributed by atoms with Crippen LogP contribution in [0.5, 0.6) is 0 Å². The summed E-state index contributed by atoms with van der Waals surface area (Å²) in [6, 6.07) is 12.6. The van der Waals surface area contributed by atoms with E-state index in [0.717, 1.165) is 16.8 Å². The van der Waals surface area contributed by atoms with Crippen molar-refractivity contribution in [1.29, 1.82) is 0 Å². The van der Waals surface area contributed by atoms with E-state index in [1.807, 2.05) is 45.0 Å². The molecule has 1 heterocycles. The number of hydrogen-bond acceptors (Lipinski definition) is 3. The van der Waals surface area contributed by atoms with Crippen LogP contribution in [-0.2, 0) is 4.79 Å². The summed E-state index contributed by atoms with van der Waals surface area (Å²) in [6.45, 7) is 9.62. The Labute approximate surface area is 202 Å². The second-order valence-electron chi connectivity index (χ2n) is 7.46. The SMILES string of the molecule is C=CCN=C(NC(=O)C(C)C)c1nn(-c2ccc(Cl)cc2Cl)c(-c2ccc(Cl)cc2)c1C. The van der Waals surface area contributed by atoms with Gasteiger partial charge in [0.1, 0.15) is 5.69 Å². The Balaban J connectivity index is 2.26. The molecule has 5 nitrogen and oxygen atoms in total. The van der Waals surface area contributed by atoms with Gasteiger partial charge in [-0.3, -0.25) is 9.79 Å². The second-order valence-corrected chi connectivity index (χ2v) is 8.74. The fourth-order valence-corrected chi connectivity index (χ4v) is 3.70. The first-order valence-electron chi connectivity index (χ1n) is 10.0. The van der Waals surface area contributed by atoms with Crippen LogP contribution >= 0.6 is 34.8 Å². The number of halogens is 3. The van der Waals surface area contributed by atoms with Gasteiger partial charge in [0.15, 0.2) is 5.84 Å². The number of benzene rings is 2. The van der Waals surface area contributed by atoms with E-state index in [2.05, 4.69) is 16.9 Å². The number of nitrogens with one attached hydrogen (secondary N) is 1. The van der Waals surface area contributed by atoms with Gasteiger partial charge in [-0.25, -0.2) is 4.68 Å². The van der Waals surface area contributed by atoms with E-state index in [-0.39, 0.29) is 11.8 Å². The van der Waals surface area contributed by atoms with Crippen LogP contribution < -0.4 is 5.32 Å². The van der Waals surface area contributed by atoms with Gasteiger partial charge in [-0.2, -0.15) is 5.10 Å². The van der Waals surface area contributed by atoms with Crippen molar-refractivity contribution in [2.24, 2.45) is 10.9 Å². The fraction of sp³-hybridized carbons (Fsp3) is 0.208. The highest BCUT2D eigenvalue weighted by atomic mass is 35.5. The van der Waals surface area contributed by atoms with E-state index < -0.39 is 0 Å². The minimum atomic E-state index is -0.215. The predicted octanol–water partition coefficient (Wildman–Crippen LogP) is 6.51. The number of rotatable bonds is 6. The lowest BCUT2D eigenvalue weighted by atomic mass is 10.1. The van der Waals surface area contributed by atoms with Crippen LogP contribution in [0.2, 0.25) is 15.1 Å². The maximum absolute atomic E-state index is 12.5. The number of carbonyl (C=O) groups is 1. The third-order valence-corrected chi connectivity index (χ3v) is 5.54. The summed E-state index contributed by atoms with van der Waals surface area (Å²) in [5.41, 5.74) is 3.69. The summed E-state index contributed by atoms with van der Waals surface area (Å²) in [4.78, 5) is 17.0. The Morgan fingerprint density at radius 3 is 2.41 bits per heavy atom. The molecule has 0 radical (unpaired) electrons. The molecule has 0 aliphatic rings. The number of amides is 1. The first-order chi connectivity index (χ1) is 15.2. The highest BCUT2D eigenvalue weighted by Crippen LogP contribution is 2.33. The Bertz CT molecular complexity index is 1180. The maximum Gasteiger partial charge on any atom is 0.228 e. The molecule has 0 bridgehead atoms. The van der Waals surface area contributed by atoms with Crippen LogP contribution in [0.1, 0.15) is 25.1 Å². The number of amidine groups is 1. The molecule has 0 saturated carbocycles. The largest absolute Gasteiger partial charge is 0.309 e. The number of carbonyl (C=O) groups excluding carboxylic acids is 1. The normalized spacial score (nSPS) is 11.7. The first-order valence-corrected chi connectivity index (χ1v) is 11.1. The zero-order valence-corrected chi connectivity index (χ0v) is 20.3. The molecule has 0 atom stereocenters. The lowest BCUT2D eigenvalue weighted by Crippen LogP contribution is -2.35. The third kappa shape index (κ3) is 5.23. The van der Waals surface area contributed by atoms with E-state index in [4.69, 9.17) is 39.9 Å². The van der Waals surface area contributed by atoms with Gasteiger partial charge >= 0.3 is 0 Å². The number of aromatic nitrogens is 2. The molecule has 3 aromatic rings. The quantitative estimate of drug-likeness (QED) is 0.244. The Morgan fingerprint density at radius 2 is 1.81 bits per heavy atom. The van der Waals surface area contributed by atoms with Crippen molar-refractivity contribution in [3.63, 3.8) is 0 Å². The molecule has 1 aromatic heterocycles. The van der Waals surface area contributed by atoms with Crippen molar-refractivity contribution < 1.29 is 4.79 Å². The molecular weight excluding hydrogens is 467 g/mol. The topological polar surface area (TPSA) is 59.3 Å². The van der Waals surface area contributed by atoms with E-state index in [1.54, 1.807) is 29.0 Å². The molecule has 32 heavy (non-hydrogen) atoms. The van der Waals surface area contributed by atoms with Crippen molar-refractivity contribution in [3.8, 4) is 16.9 Å². The van der Waals surface area contributed by atoms with Crippen molar-refractivity contribution in [3.05, 3.63) is 81.4 Å². The smallest absolute Gasteiger partial charge is 0.228 e. The van der Waals surface area contributed by atoms with Gasteiger partial charge < -0.3 is 5.32 Å². The van der Waals surface area contributed by atoms with Crippen molar-refractivity contribution in [1.82, 2.24) is 15.1 Å². The summed E-state index contributed by atoms with van der Waals surface area (Å²) in [5, 5.41) is 9.30. The molecular formula is C24H23Cl3N4O. The summed E-state index contributed by atoms with van der Waals surface area (Å²) in [6.07, 6.45) is 1.66. The van der Waals surface area contributed by atoms with E-state index in [1.165, 1.54) is 0 Å². The lowest BCUT2D eigenvalue weighted by molar-refractivity contribution is -0.122. The van der Waals surface area contributed by atoms with E-state index in [0.29, 0.717) is 38.8 Å². The zero-order valence-electron chi connectivity index (χ0n) is 18.0. The monoisotopic (exact) mass is 488 g/mol. The van der Waals surface area contributed by atoms with Crippen molar-refractivity contribution in [2.75, 3.05) is 6.54 Å². The summed E-state index contributed by atoms with van der Waals surface area (Å²) in [5.74, 6) is 0.00671. The summed E-state index contributed by atoms with van der Waals surface area (Å²) >= 11 is 18.7. The highest BCUT2D eigenvalue weighted by Gasteiger charge is 2.23. The minimum Gasteiger partial charge on any atom is -0.309 e. The van der Waals surface area contributed by atoms with Crippen LogP contribution in [0.3, 0.4) is 0 Å². The van der Waals surface area contributed by atoms with Crippen LogP contribution in [0.25, 0.3) is 16.9 Å². The molecule has 0 aliphatic carbocycles. The molecule has 0 aliphatic heterocycles. The Morgan fingerprint density at radius 1 is 1.16 bits per heavy atom. The number of nitrogens with zero attached hydrogens (tertiary/aromatic N) is 3. The molecule has 0 unspecified atom stereocenters. The molecule has 1 N–H and O–H groups in total. The molecule has 2 aromatic carbocycles. The molecule has 8 heteroatoms. The van der Waals surface area contributed by atoms with E-state index in [9.17, 15) is 4.79 Å². The average Bonchev–Trinajstić information content (AvgIpc) is 3.08. The predicted molar refractivity (Wildman–Crippen MR) is 133 cm³/mol. The van der Waals surface area contributed by atoms with Crippen LogP contribution in [0.4, 0.5) is 0 Å². The molecule has 166 valence electrons. The molecule has 3 rings (SSSR count). The zero-order chi connectivity index (χ0) is 23.4. The first kappa shape index (κ1) is 24.1. The maximum atomic E-state index is 12.5. The minimum absolute atomic E-state index is 0.153. The van der Waals surface area contributed by atoms with Gasteiger partial charge in [-0.05, 0) is 37.3 Å². The molecule has 0 saturated heterocycles. The average molecular weight is 490 g/mol. The van der Waals surface area contributed by atoms with Gasteiger partial charge in [0.25, 0.3) is 0 Å². The standard InChI is InChI=1S/C24H23Cl3N4O/c1-5-12-28-23(29-24(32)14(2)3)21-15(4)22(16-6-8-17(25)9-7-16)31(30-21)20-11-10-18(26)13-19(20)27/h5-11,13-14H,1,12H2,2-4H3,(H,28,29,32). The molecule has 0 fully saturated rings. The van der Waals surface area contributed by atoms with Gasteiger partial charge in [-0.15, -0.1) is 6.58 Å². The molecule has 0 spiro atoms. The third-order valence-electron chi connectivity index (χ3n) is 4.75. The fourth-order valence-electron chi connectivity index (χ4n) is 3.09. The highest BCUT2D eigenvalue weighted by molar-refractivity contribution is 6.35. The summed E-state index contributed by atoms with van der Waals surface area (Å²) < 4.78 is 1.73. The number of aliphatic imine (C=N–C) groups is 1. The molecule has 1 amide bonds. The van der Waals surface area contributed by atoms with Gasteiger partial charge in [0.2, 0.25) is 5.91 Å². The lowest BCUT2D eigenvalue weighted by Gasteiger charge is -2.11. The van der Waals surface area contributed by atoms with Gasteiger partial charge in [0, 0.05) is 27.1 Å². The van der Waals surface area contributed by atoms with Gasteiger partial charge in [-0.1, -0.05) is 66.9 Å². The van der Waals surface area contributed by atoms with E-state index >= 15 is 0 Å². The Kier molecular flexibility index (Phi) is 7.77. The van der Waals surface area contributed by atoms with Gasteiger partial charge in [0.05, 0.1) is 22.9 Å². The van der Waals surface area contributed by atoms with Crippen LogP contribution in [-0.4, -0.2) is 28.1 Å². The summed E-state index contributed by atoms with van der Waals surface area (Å²) in [7, 11) is 0. The van der Waals surface area contributed by atoms with Crippen LogP contribution in [0, 0.1) is 12.8 Å².